The molecule has 0 bridgehead atoms. The normalized spacial score (nSPS) is 11.7. The number of nitrogens with zero attached hydrogens (tertiary/aromatic N) is 3. The van der Waals surface area contributed by atoms with E-state index < -0.39 is 5.97 Å². The van der Waals surface area contributed by atoms with Crippen molar-refractivity contribution in [1.82, 2.24) is 9.97 Å². The Morgan fingerprint density at radius 1 is 1.17 bits per heavy atom. The zero-order valence-corrected chi connectivity index (χ0v) is 16.0. The van der Waals surface area contributed by atoms with Gasteiger partial charge in [-0.15, -0.1) is 0 Å². The third kappa shape index (κ3) is 3.55. The predicted molar refractivity (Wildman–Crippen MR) is 107 cm³/mol. The first-order chi connectivity index (χ1) is 14.2. The zero-order chi connectivity index (χ0) is 20.2. The molecule has 2 heterocycles. The number of pyridine rings is 2. The van der Waals surface area contributed by atoms with Crippen LogP contribution in [-0.2, 0) is 22.4 Å². The van der Waals surface area contributed by atoms with E-state index in [0.717, 1.165) is 40.8 Å². The summed E-state index contributed by atoms with van der Waals surface area (Å²) in [5, 5.41) is 9.92. The standard InChI is InChI=1S/C23H19N3O3/c1-2-28-20(27)14-29-23-19(13-24)21(16-9-11-25-12-10-16)18-8-7-15-5-3-4-6-17(15)22(18)26-23/h3-6,9-12H,2,7-8,14H2,1H3. The van der Waals surface area contributed by atoms with Crippen LogP contribution in [0.15, 0.2) is 48.8 Å². The number of fused-ring (bicyclic) bond motifs is 3. The van der Waals surface area contributed by atoms with Crippen LogP contribution in [0.2, 0.25) is 0 Å². The van der Waals surface area contributed by atoms with Crippen molar-refractivity contribution in [2.45, 2.75) is 19.8 Å². The first-order valence-corrected chi connectivity index (χ1v) is 9.47. The number of hydrogen-bond donors (Lipinski definition) is 0. The molecule has 0 fully saturated rings. The van der Waals surface area contributed by atoms with Crippen LogP contribution >= 0.6 is 0 Å². The van der Waals surface area contributed by atoms with Gasteiger partial charge < -0.3 is 9.47 Å². The zero-order valence-electron chi connectivity index (χ0n) is 16.0. The van der Waals surface area contributed by atoms with Crippen LogP contribution in [0.3, 0.4) is 0 Å². The number of carbonyl (C=O) groups is 1. The van der Waals surface area contributed by atoms with E-state index in [1.54, 1.807) is 19.3 Å². The molecule has 0 saturated carbocycles. The summed E-state index contributed by atoms with van der Waals surface area (Å²) in [5.41, 5.74) is 6.00. The lowest BCUT2D eigenvalue weighted by atomic mass is 9.83. The first kappa shape index (κ1) is 18.6. The fraction of sp³-hybridized carbons (Fsp3) is 0.217. The molecule has 0 radical (unpaired) electrons. The molecule has 0 aliphatic heterocycles. The minimum absolute atomic E-state index is 0.141. The summed E-state index contributed by atoms with van der Waals surface area (Å²) in [6, 6.07) is 14.1. The lowest BCUT2D eigenvalue weighted by molar-refractivity contribution is -0.145. The van der Waals surface area contributed by atoms with Crippen molar-refractivity contribution in [1.29, 1.82) is 5.26 Å². The van der Waals surface area contributed by atoms with Gasteiger partial charge >= 0.3 is 5.97 Å². The summed E-state index contributed by atoms with van der Waals surface area (Å²) in [7, 11) is 0. The molecule has 29 heavy (non-hydrogen) atoms. The van der Waals surface area contributed by atoms with Crippen LogP contribution < -0.4 is 4.74 Å². The van der Waals surface area contributed by atoms with Crippen LogP contribution in [-0.4, -0.2) is 29.2 Å². The number of rotatable bonds is 5. The number of hydrogen-bond acceptors (Lipinski definition) is 6. The second kappa shape index (κ2) is 8.11. The van der Waals surface area contributed by atoms with Gasteiger partial charge in [0.05, 0.1) is 12.3 Å². The topological polar surface area (TPSA) is 85.1 Å². The molecule has 0 spiro atoms. The summed E-state index contributed by atoms with van der Waals surface area (Å²) >= 11 is 0. The molecule has 0 unspecified atom stereocenters. The number of aromatic nitrogens is 2. The van der Waals surface area contributed by atoms with Crippen LogP contribution in [0.4, 0.5) is 0 Å². The maximum Gasteiger partial charge on any atom is 0.344 e. The van der Waals surface area contributed by atoms with Crippen molar-refractivity contribution in [3.05, 3.63) is 65.5 Å². The second-order valence-electron chi connectivity index (χ2n) is 6.59. The fourth-order valence-corrected chi connectivity index (χ4v) is 3.67. The van der Waals surface area contributed by atoms with E-state index in [1.165, 1.54) is 5.56 Å². The number of ether oxygens (including phenoxy) is 2. The monoisotopic (exact) mass is 385 g/mol. The largest absolute Gasteiger partial charge is 0.465 e. The van der Waals surface area contributed by atoms with Gasteiger partial charge in [0.1, 0.15) is 11.6 Å². The molecule has 2 aromatic heterocycles. The number of aryl methyl sites for hydroxylation is 1. The highest BCUT2D eigenvalue weighted by molar-refractivity contribution is 5.84. The molecule has 4 rings (SSSR count). The van der Waals surface area contributed by atoms with E-state index in [0.29, 0.717) is 5.56 Å². The Hall–Kier alpha value is -3.72. The fourth-order valence-electron chi connectivity index (χ4n) is 3.67. The van der Waals surface area contributed by atoms with Gasteiger partial charge in [-0.1, -0.05) is 24.3 Å². The van der Waals surface area contributed by atoms with Crippen LogP contribution in [0, 0.1) is 11.3 Å². The Bertz CT molecular complexity index is 1100. The van der Waals surface area contributed by atoms with Crippen molar-refractivity contribution in [2.75, 3.05) is 13.2 Å². The van der Waals surface area contributed by atoms with Gasteiger partial charge in [-0.25, -0.2) is 9.78 Å². The molecule has 1 aromatic carbocycles. The van der Waals surface area contributed by atoms with E-state index in [-0.39, 0.29) is 19.1 Å². The number of esters is 1. The minimum Gasteiger partial charge on any atom is -0.465 e. The molecule has 1 aliphatic carbocycles. The first-order valence-electron chi connectivity index (χ1n) is 9.47. The van der Waals surface area contributed by atoms with Gasteiger partial charge in [-0.2, -0.15) is 5.26 Å². The smallest absolute Gasteiger partial charge is 0.344 e. The molecule has 0 atom stereocenters. The highest BCUT2D eigenvalue weighted by atomic mass is 16.6. The van der Waals surface area contributed by atoms with Gasteiger partial charge in [0.15, 0.2) is 6.61 Å². The van der Waals surface area contributed by atoms with Crippen LogP contribution in [0.5, 0.6) is 5.88 Å². The Kier molecular flexibility index (Phi) is 5.21. The molecule has 144 valence electrons. The van der Waals surface area contributed by atoms with E-state index in [4.69, 9.17) is 9.47 Å². The van der Waals surface area contributed by atoms with Gasteiger partial charge in [0.2, 0.25) is 5.88 Å². The molecule has 3 aromatic rings. The molecular formula is C23H19N3O3. The van der Waals surface area contributed by atoms with E-state index in [1.807, 2.05) is 30.3 Å². The van der Waals surface area contributed by atoms with Crippen molar-refractivity contribution in [2.24, 2.45) is 0 Å². The molecule has 6 heteroatoms. The summed E-state index contributed by atoms with van der Waals surface area (Å²) in [5.74, 6) is -0.357. The van der Waals surface area contributed by atoms with Gasteiger partial charge in [0.25, 0.3) is 0 Å². The number of nitriles is 1. The molecule has 0 saturated heterocycles. The average molecular weight is 385 g/mol. The summed E-state index contributed by atoms with van der Waals surface area (Å²) < 4.78 is 10.6. The number of carbonyl (C=O) groups excluding carboxylic acids is 1. The van der Waals surface area contributed by atoms with E-state index >= 15 is 0 Å². The minimum atomic E-state index is -0.498. The molecular weight excluding hydrogens is 366 g/mol. The highest BCUT2D eigenvalue weighted by Crippen LogP contribution is 2.42. The maximum absolute atomic E-state index is 11.8. The summed E-state index contributed by atoms with van der Waals surface area (Å²) in [6.07, 6.45) is 5.03. The van der Waals surface area contributed by atoms with E-state index in [9.17, 15) is 10.1 Å². The molecule has 1 aliphatic rings. The van der Waals surface area contributed by atoms with Gasteiger partial charge in [0, 0.05) is 23.5 Å². The number of benzene rings is 1. The highest BCUT2D eigenvalue weighted by Gasteiger charge is 2.27. The maximum atomic E-state index is 11.8. The van der Waals surface area contributed by atoms with Gasteiger partial charge in [-0.3, -0.25) is 4.98 Å². The third-order valence-corrected chi connectivity index (χ3v) is 4.89. The quantitative estimate of drug-likeness (QED) is 0.622. The van der Waals surface area contributed by atoms with E-state index in [2.05, 4.69) is 22.1 Å². The van der Waals surface area contributed by atoms with Crippen LogP contribution in [0.25, 0.3) is 22.4 Å². The van der Waals surface area contributed by atoms with Crippen molar-refractivity contribution in [3.63, 3.8) is 0 Å². The molecule has 6 nitrogen and oxygen atoms in total. The second-order valence-corrected chi connectivity index (χ2v) is 6.59. The lowest BCUT2D eigenvalue weighted by Crippen LogP contribution is -2.17. The Morgan fingerprint density at radius 3 is 2.72 bits per heavy atom. The van der Waals surface area contributed by atoms with Crippen molar-refractivity contribution >= 4 is 5.97 Å². The predicted octanol–water partition coefficient (Wildman–Crippen LogP) is 3.72. The summed E-state index contributed by atoms with van der Waals surface area (Å²) in [6.45, 7) is 1.69. The summed E-state index contributed by atoms with van der Waals surface area (Å²) in [4.78, 5) is 20.6. The lowest BCUT2D eigenvalue weighted by Gasteiger charge is -2.24. The molecule has 0 N–H and O–H groups in total. The Morgan fingerprint density at radius 2 is 1.97 bits per heavy atom. The van der Waals surface area contributed by atoms with Crippen LogP contribution in [0.1, 0.15) is 23.6 Å². The van der Waals surface area contributed by atoms with Crippen molar-refractivity contribution < 1.29 is 14.3 Å². The van der Waals surface area contributed by atoms with Gasteiger partial charge in [-0.05, 0) is 48.6 Å². The Balaban J connectivity index is 1.91. The molecule has 0 amide bonds. The third-order valence-electron chi connectivity index (χ3n) is 4.89. The SMILES string of the molecule is CCOC(=O)COc1nc2c(c(-c3ccncc3)c1C#N)CCc1ccccc1-2. The van der Waals surface area contributed by atoms with Crippen molar-refractivity contribution in [3.8, 4) is 34.3 Å². The Labute approximate surface area is 168 Å². The average Bonchev–Trinajstić information content (AvgIpc) is 2.77.